The minimum atomic E-state index is 0.227. The number of hydrogen-bond donors (Lipinski definition) is 2. The zero-order valence-electron chi connectivity index (χ0n) is 10.9. The van der Waals surface area contributed by atoms with Crippen LogP contribution in [0.4, 0.5) is 0 Å². The Morgan fingerprint density at radius 1 is 1.28 bits per heavy atom. The lowest BCUT2D eigenvalue weighted by Gasteiger charge is -2.19. The molecular formula is C15H20N2S. The SMILES string of the molecule is Cc1ccc(C)c(C(CCc2ccsc2)NN)c1. The lowest BCUT2D eigenvalue weighted by molar-refractivity contribution is 0.514. The standard InChI is InChI=1S/C15H20N2S/c1-11-3-4-12(2)14(9-11)15(17-16)6-5-13-7-8-18-10-13/h3-4,7-10,15,17H,5-6,16H2,1-2H3. The van der Waals surface area contributed by atoms with Crippen LogP contribution in [0.15, 0.2) is 35.0 Å². The van der Waals surface area contributed by atoms with Gasteiger partial charge in [-0.05, 0) is 60.2 Å². The van der Waals surface area contributed by atoms with Gasteiger partial charge in [-0.2, -0.15) is 11.3 Å². The molecule has 0 spiro atoms. The first-order chi connectivity index (χ1) is 8.70. The molecule has 1 atom stereocenters. The maximum absolute atomic E-state index is 5.72. The van der Waals surface area contributed by atoms with E-state index in [2.05, 4.69) is 54.3 Å². The second-order valence-electron chi connectivity index (χ2n) is 4.75. The molecular weight excluding hydrogens is 240 g/mol. The van der Waals surface area contributed by atoms with E-state index in [1.807, 2.05) is 0 Å². The van der Waals surface area contributed by atoms with E-state index in [4.69, 9.17) is 5.84 Å². The van der Waals surface area contributed by atoms with Gasteiger partial charge in [0.15, 0.2) is 0 Å². The first kappa shape index (κ1) is 13.3. The fourth-order valence-corrected chi connectivity index (χ4v) is 2.91. The highest BCUT2D eigenvalue weighted by Gasteiger charge is 2.12. The summed E-state index contributed by atoms with van der Waals surface area (Å²) in [6.07, 6.45) is 2.09. The monoisotopic (exact) mass is 260 g/mol. The molecule has 1 heterocycles. The first-order valence-electron chi connectivity index (χ1n) is 6.25. The zero-order valence-corrected chi connectivity index (χ0v) is 11.8. The Morgan fingerprint density at radius 2 is 2.11 bits per heavy atom. The van der Waals surface area contributed by atoms with Crippen molar-refractivity contribution in [2.45, 2.75) is 32.7 Å². The van der Waals surface area contributed by atoms with Gasteiger partial charge in [0.2, 0.25) is 0 Å². The molecule has 0 radical (unpaired) electrons. The summed E-state index contributed by atoms with van der Waals surface area (Å²) in [5.74, 6) is 5.72. The van der Waals surface area contributed by atoms with Crippen LogP contribution in [0.1, 0.15) is 34.7 Å². The van der Waals surface area contributed by atoms with E-state index in [9.17, 15) is 0 Å². The molecule has 0 bridgehead atoms. The number of thiophene rings is 1. The Bertz CT molecular complexity index is 491. The average molecular weight is 260 g/mol. The molecule has 18 heavy (non-hydrogen) atoms. The molecule has 1 aromatic heterocycles. The molecule has 0 fully saturated rings. The summed E-state index contributed by atoms with van der Waals surface area (Å²) in [5.41, 5.74) is 8.24. The van der Waals surface area contributed by atoms with Crippen molar-refractivity contribution in [2.24, 2.45) is 5.84 Å². The van der Waals surface area contributed by atoms with Gasteiger partial charge in [-0.1, -0.05) is 23.8 Å². The average Bonchev–Trinajstić information content (AvgIpc) is 2.87. The highest BCUT2D eigenvalue weighted by atomic mass is 32.1. The third-order valence-electron chi connectivity index (χ3n) is 3.31. The van der Waals surface area contributed by atoms with Gasteiger partial charge in [-0.3, -0.25) is 11.3 Å². The van der Waals surface area contributed by atoms with E-state index in [0.717, 1.165) is 12.8 Å². The van der Waals surface area contributed by atoms with Crippen LogP contribution in [0.25, 0.3) is 0 Å². The summed E-state index contributed by atoms with van der Waals surface area (Å²) in [5, 5.41) is 4.33. The smallest absolute Gasteiger partial charge is 0.0465 e. The van der Waals surface area contributed by atoms with Gasteiger partial charge in [0.1, 0.15) is 0 Å². The second kappa shape index (κ2) is 6.14. The maximum Gasteiger partial charge on any atom is 0.0465 e. The Kier molecular flexibility index (Phi) is 4.53. The van der Waals surface area contributed by atoms with Crippen molar-refractivity contribution in [3.05, 3.63) is 57.3 Å². The predicted molar refractivity (Wildman–Crippen MR) is 78.6 cm³/mol. The minimum absolute atomic E-state index is 0.227. The molecule has 1 unspecified atom stereocenters. The number of nitrogens with two attached hydrogens (primary N) is 1. The maximum atomic E-state index is 5.72. The highest BCUT2D eigenvalue weighted by molar-refractivity contribution is 7.07. The molecule has 2 rings (SSSR count). The summed E-state index contributed by atoms with van der Waals surface area (Å²) in [7, 11) is 0. The van der Waals surface area contributed by atoms with Crippen LogP contribution in [0.2, 0.25) is 0 Å². The Labute approximate surface area is 113 Å². The van der Waals surface area contributed by atoms with Gasteiger partial charge in [0.25, 0.3) is 0 Å². The molecule has 0 aliphatic rings. The topological polar surface area (TPSA) is 38.0 Å². The van der Waals surface area contributed by atoms with E-state index in [-0.39, 0.29) is 6.04 Å². The summed E-state index contributed by atoms with van der Waals surface area (Å²) in [4.78, 5) is 0. The molecule has 2 nitrogen and oxygen atoms in total. The zero-order chi connectivity index (χ0) is 13.0. The van der Waals surface area contributed by atoms with Crippen molar-refractivity contribution in [1.29, 1.82) is 0 Å². The number of benzene rings is 1. The molecule has 3 N–H and O–H groups in total. The molecule has 0 saturated heterocycles. The molecule has 1 aromatic carbocycles. The third kappa shape index (κ3) is 3.19. The number of nitrogens with one attached hydrogen (secondary N) is 1. The normalized spacial score (nSPS) is 12.6. The number of hydrazine groups is 1. The van der Waals surface area contributed by atoms with Crippen molar-refractivity contribution >= 4 is 11.3 Å². The van der Waals surface area contributed by atoms with Gasteiger partial charge in [-0.25, -0.2) is 0 Å². The fourth-order valence-electron chi connectivity index (χ4n) is 2.21. The van der Waals surface area contributed by atoms with Gasteiger partial charge in [0.05, 0.1) is 0 Å². The lowest BCUT2D eigenvalue weighted by atomic mass is 9.95. The number of aryl methyl sites for hydroxylation is 3. The van der Waals surface area contributed by atoms with Crippen LogP contribution < -0.4 is 11.3 Å². The van der Waals surface area contributed by atoms with E-state index >= 15 is 0 Å². The highest BCUT2D eigenvalue weighted by Crippen LogP contribution is 2.23. The molecule has 2 aromatic rings. The van der Waals surface area contributed by atoms with Crippen LogP contribution in [-0.2, 0) is 6.42 Å². The molecule has 3 heteroatoms. The Morgan fingerprint density at radius 3 is 2.78 bits per heavy atom. The van der Waals surface area contributed by atoms with E-state index < -0.39 is 0 Å². The third-order valence-corrected chi connectivity index (χ3v) is 4.05. The van der Waals surface area contributed by atoms with Crippen molar-refractivity contribution in [2.75, 3.05) is 0 Å². The van der Waals surface area contributed by atoms with Gasteiger partial charge >= 0.3 is 0 Å². The van der Waals surface area contributed by atoms with Crippen LogP contribution in [0, 0.1) is 13.8 Å². The predicted octanol–water partition coefficient (Wildman–Crippen LogP) is 3.50. The summed E-state index contributed by atoms with van der Waals surface area (Å²) in [6.45, 7) is 4.26. The Balaban J connectivity index is 2.10. The molecule has 0 aliphatic carbocycles. The van der Waals surface area contributed by atoms with E-state index in [1.54, 1.807) is 11.3 Å². The molecule has 0 saturated carbocycles. The van der Waals surface area contributed by atoms with Crippen molar-refractivity contribution in [3.63, 3.8) is 0 Å². The number of hydrogen-bond acceptors (Lipinski definition) is 3. The molecule has 96 valence electrons. The quantitative estimate of drug-likeness (QED) is 0.638. The van der Waals surface area contributed by atoms with E-state index in [0.29, 0.717) is 0 Å². The van der Waals surface area contributed by atoms with E-state index in [1.165, 1.54) is 22.3 Å². The van der Waals surface area contributed by atoms with Crippen LogP contribution in [0.5, 0.6) is 0 Å². The molecule has 0 amide bonds. The van der Waals surface area contributed by atoms with Crippen LogP contribution in [0.3, 0.4) is 0 Å². The van der Waals surface area contributed by atoms with Crippen molar-refractivity contribution in [3.8, 4) is 0 Å². The molecule has 0 aliphatic heterocycles. The van der Waals surface area contributed by atoms with Gasteiger partial charge in [0, 0.05) is 6.04 Å². The van der Waals surface area contributed by atoms with Crippen LogP contribution >= 0.6 is 11.3 Å². The lowest BCUT2D eigenvalue weighted by Crippen LogP contribution is -2.29. The largest absolute Gasteiger partial charge is 0.271 e. The van der Waals surface area contributed by atoms with Gasteiger partial charge in [-0.15, -0.1) is 0 Å². The van der Waals surface area contributed by atoms with Crippen LogP contribution in [-0.4, -0.2) is 0 Å². The number of rotatable bonds is 5. The van der Waals surface area contributed by atoms with Crippen molar-refractivity contribution in [1.82, 2.24) is 5.43 Å². The fraction of sp³-hybridized carbons (Fsp3) is 0.333. The minimum Gasteiger partial charge on any atom is -0.271 e. The summed E-state index contributed by atoms with van der Waals surface area (Å²) in [6, 6.07) is 8.95. The summed E-state index contributed by atoms with van der Waals surface area (Å²) < 4.78 is 0. The second-order valence-corrected chi connectivity index (χ2v) is 5.53. The first-order valence-corrected chi connectivity index (χ1v) is 7.19. The Hall–Kier alpha value is -1.16. The van der Waals surface area contributed by atoms with Gasteiger partial charge < -0.3 is 0 Å². The van der Waals surface area contributed by atoms with Crippen molar-refractivity contribution < 1.29 is 0 Å². The summed E-state index contributed by atoms with van der Waals surface area (Å²) >= 11 is 1.75.